The molecular weight excluding hydrogens is 532 g/mol. The molecule has 0 aromatic heterocycles. The van der Waals surface area contributed by atoms with E-state index in [1.165, 1.54) is 22.5 Å². The van der Waals surface area contributed by atoms with E-state index in [0.717, 1.165) is 37.9 Å². The quantitative estimate of drug-likeness (QED) is 0.347. The van der Waals surface area contributed by atoms with E-state index in [9.17, 15) is 19.2 Å². The van der Waals surface area contributed by atoms with E-state index in [1.807, 2.05) is 7.05 Å². The van der Waals surface area contributed by atoms with Crippen molar-refractivity contribution in [1.82, 2.24) is 15.3 Å². The van der Waals surface area contributed by atoms with Gasteiger partial charge >= 0.3 is 5.97 Å². The number of hydrogen-bond acceptors (Lipinski definition) is 7. The van der Waals surface area contributed by atoms with Crippen LogP contribution in [0.25, 0.3) is 0 Å². The van der Waals surface area contributed by atoms with Crippen LogP contribution in [0.2, 0.25) is 0 Å². The first-order chi connectivity index (χ1) is 20.4. The molecule has 3 aromatic rings. The van der Waals surface area contributed by atoms with E-state index in [4.69, 9.17) is 4.84 Å². The molecule has 0 aliphatic carbocycles. The van der Waals surface area contributed by atoms with Crippen molar-refractivity contribution >= 4 is 35.1 Å². The second-order valence-electron chi connectivity index (χ2n) is 10.8. The highest BCUT2D eigenvalue weighted by molar-refractivity contribution is 6.02. The Morgan fingerprint density at radius 3 is 2.02 bits per heavy atom. The lowest BCUT2D eigenvalue weighted by atomic mass is 10.0. The number of rotatable bonds is 11. The van der Waals surface area contributed by atoms with Crippen LogP contribution in [0, 0.1) is 0 Å². The van der Waals surface area contributed by atoms with Crippen LogP contribution < -0.4 is 10.2 Å². The van der Waals surface area contributed by atoms with Crippen LogP contribution in [0.4, 0.5) is 11.4 Å². The molecule has 1 N–H and O–H groups in total. The average Bonchev–Trinajstić information content (AvgIpc) is 3.23. The third-order valence-electron chi connectivity index (χ3n) is 7.73. The molecule has 3 aromatic carbocycles. The van der Waals surface area contributed by atoms with Crippen LogP contribution in [0.1, 0.15) is 52.7 Å². The molecule has 218 valence electrons. The second kappa shape index (κ2) is 13.4. The number of fused-ring (bicyclic) bond motifs is 2. The third-order valence-corrected chi connectivity index (χ3v) is 7.73. The van der Waals surface area contributed by atoms with Gasteiger partial charge in [0, 0.05) is 50.3 Å². The molecule has 1 fully saturated rings. The zero-order chi connectivity index (χ0) is 29.5. The molecule has 0 unspecified atom stereocenters. The lowest BCUT2D eigenvalue weighted by molar-refractivity contribution is -0.172. The van der Waals surface area contributed by atoms with Gasteiger partial charge in [-0.25, -0.2) is 4.79 Å². The molecule has 5 rings (SSSR count). The molecule has 0 radical (unpaired) electrons. The molecule has 9 nitrogen and oxygen atoms in total. The van der Waals surface area contributed by atoms with Gasteiger partial charge in [0.25, 0.3) is 11.8 Å². The number of hydrogen-bond donors (Lipinski definition) is 1. The van der Waals surface area contributed by atoms with Gasteiger partial charge in [-0.1, -0.05) is 48.5 Å². The topological polar surface area (TPSA) is 99.3 Å². The van der Waals surface area contributed by atoms with Crippen LogP contribution >= 0.6 is 0 Å². The number of imide groups is 1. The van der Waals surface area contributed by atoms with Crippen molar-refractivity contribution in [2.75, 3.05) is 31.6 Å². The molecule has 0 saturated carbocycles. The lowest BCUT2D eigenvalue weighted by Crippen LogP contribution is -2.32. The average molecular weight is 569 g/mol. The predicted molar refractivity (Wildman–Crippen MR) is 159 cm³/mol. The van der Waals surface area contributed by atoms with Crippen molar-refractivity contribution < 1.29 is 24.0 Å². The molecule has 3 amide bonds. The van der Waals surface area contributed by atoms with E-state index in [1.54, 1.807) is 24.3 Å². The van der Waals surface area contributed by atoms with Gasteiger partial charge in [-0.05, 0) is 73.8 Å². The summed E-state index contributed by atoms with van der Waals surface area (Å²) in [5, 5.41) is 3.45. The van der Waals surface area contributed by atoms with Crippen molar-refractivity contribution in [2.24, 2.45) is 0 Å². The number of nitrogens with zero attached hydrogens (tertiary/aromatic N) is 3. The fourth-order valence-corrected chi connectivity index (χ4v) is 5.36. The summed E-state index contributed by atoms with van der Waals surface area (Å²) in [5.41, 5.74) is 6.36. The van der Waals surface area contributed by atoms with E-state index < -0.39 is 17.8 Å². The number of carbonyl (C=O) groups is 4. The number of para-hydroxylation sites is 2. The molecule has 42 heavy (non-hydrogen) atoms. The highest BCUT2D eigenvalue weighted by atomic mass is 16.7. The van der Waals surface area contributed by atoms with Gasteiger partial charge in [0.05, 0.1) is 5.56 Å². The van der Waals surface area contributed by atoms with Crippen LogP contribution in [-0.2, 0) is 38.6 Å². The maximum Gasteiger partial charge on any atom is 0.363 e. The van der Waals surface area contributed by atoms with Gasteiger partial charge in [0.1, 0.15) is 0 Å². The summed E-state index contributed by atoms with van der Waals surface area (Å²) >= 11 is 0. The van der Waals surface area contributed by atoms with Crippen LogP contribution in [0.3, 0.4) is 0 Å². The van der Waals surface area contributed by atoms with Crippen LogP contribution in [0.15, 0.2) is 72.8 Å². The number of nitrogens with one attached hydrogen (secondary N) is 1. The summed E-state index contributed by atoms with van der Waals surface area (Å²) in [6.07, 6.45) is 3.52. The van der Waals surface area contributed by atoms with Gasteiger partial charge < -0.3 is 20.0 Å². The minimum absolute atomic E-state index is 0.0448. The second-order valence-corrected chi connectivity index (χ2v) is 10.8. The standard InChI is InChI=1S/C33H36N4O5/c1-35(20-6-21-36-28-9-4-2-7-25(28)15-16-26-8-3-5-10-29(26)36)22-19-30(38)34-23-24-11-13-27(14-12-24)33(41)42-37-31(39)17-18-32(37)40/h2-5,7-14H,6,15-23H2,1H3,(H,34,38). The number of aryl methyl sites for hydroxylation is 2. The molecule has 0 atom stereocenters. The smallest absolute Gasteiger partial charge is 0.352 e. The van der Waals surface area contributed by atoms with Crippen LogP contribution in [-0.4, -0.2) is 60.3 Å². The fraction of sp³-hybridized carbons (Fsp3) is 0.333. The number of carbonyl (C=O) groups excluding carboxylic acids is 4. The third kappa shape index (κ3) is 7.03. The first-order valence-electron chi connectivity index (χ1n) is 14.4. The fourth-order valence-electron chi connectivity index (χ4n) is 5.36. The normalized spacial score (nSPS) is 14.4. The highest BCUT2D eigenvalue weighted by Crippen LogP contribution is 2.35. The minimum atomic E-state index is -0.776. The first-order valence-corrected chi connectivity index (χ1v) is 14.4. The first kappa shape index (κ1) is 29.0. The summed E-state index contributed by atoms with van der Waals surface area (Å²) in [6.45, 7) is 2.76. The van der Waals surface area contributed by atoms with Crippen molar-refractivity contribution in [3.05, 3.63) is 95.1 Å². The maximum absolute atomic E-state index is 12.5. The molecule has 9 heteroatoms. The molecule has 2 heterocycles. The SMILES string of the molecule is CN(CCCN1c2ccccc2CCc2ccccc21)CCC(=O)NCc1ccc(C(=O)ON2C(=O)CCC2=O)cc1. The van der Waals surface area contributed by atoms with Crippen molar-refractivity contribution in [3.63, 3.8) is 0 Å². The summed E-state index contributed by atoms with van der Waals surface area (Å²) in [4.78, 5) is 57.6. The van der Waals surface area contributed by atoms with E-state index >= 15 is 0 Å². The summed E-state index contributed by atoms with van der Waals surface area (Å²) in [7, 11) is 2.04. The van der Waals surface area contributed by atoms with Crippen molar-refractivity contribution in [3.8, 4) is 0 Å². The Hall–Kier alpha value is -4.50. The zero-order valence-electron chi connectivity index (χ0n) is 23.9. The Bertz CT molecular complexity index is 1390. The van der Waals surface area contributed by atoms with Gasteiger partial charge in [0.2, 0.25) is 5.91 Å². The summed E-state index contributed by atoms with van der Waals surface area (Å²) in [6, 6.07) is 23.8. The van der Waals surface area contributed by atoms with E-state index in [-0.39, 0.29) is 24.3 Å². The zero-order valence-corrected chi connectivity index (χ0v) is 23.9. The Balaban J connectivity index is 1.04. The number of hydroxylamine groups is 2. The van der Waals surface area contributed by atoms with Crippen molar-refractivity contribution in [2.45, 2.75) is 45.1 Å². The summed E-state index contributed by atoms with van der Waals surface area (Å²) in [5.74, 6) is -1.87. The molecule has 0 spiro atoms. The minimum Gasteiger partial charge on any atom is -0.352 e. The Kier molecular flexibility index (Phi) is 9.28. The molecule has 0 bridgehead atoms. The van der Waals surface area contributed by atoms with E-state index in [0.29, 0.717) is 24.6 Å². The van der Waals surface area contributed by atoms with Gasteiger partial charge in [-0.2, -0.15) is 0 Å². The maximum atomic E-state index is 12.5. The number of benzene rings is 3. The summed E-state index contributed by atoms with van der Waals surface area (Å²) < 4.78 is 0. The van der Waals surface area contributed by atoms with Gasteiger partial charge in [-0.15, -0.1) is 5.06 Å². The van der Waals surface area contributed by atoms with Crippen molar-refractivity contribution in [1.29, 1.82) is 0 Å². The Labute approximate surface area is 246 Å². The number of amides is 3. The molecule has 2 aliphatic heterocycles. The molecule has 1 saturated heterocycles. The number of anilines is 2. The molecular formula is C33H36N4O5. The lowest BCUT2D eigenvalue weighted by Gasteiger charge is -2.28. The monoisotopic (exact) mass is 568 g/mol. The Morgan fingerprint density at radius 1 is 0.810 bits per heavy atom. The molecule has 2 aliphatic rings. The predicted octanol–water partition coefficient (Wildman–Crippen LogP) is 4.17. The Morgan fingerprint density at radius 2 is 1.40 bits per heavy atom. The highest BCUT2D eigenvalue weighted by Gasteiger charge is 2.33. The van der Waals surface area contributed by atoms with Gasteiger partial charge in [-0.3, -0.25) is 14.4 Å². The van der Waals surface area contributed by atoms with Crippen LogP contribution in [0.5, 0.6) is 0 Å². The van der Waals surface area contributed by atoms with Gasteiger partial charge in [0.15, 0.2) is 0 Å². The van der Waals surface area contributed by atoms with E-state index in [2.05, 4.69) is 63.6 Å². The largest absolute Gasteiger partial charge is 0.363 e.